The topological polar surface area (TPSA) is 70.1 Å². The van der Waals surface area contributed by atoms with Gasteiger partial charge in [0.25, 0.3) is 0 Å². The number of nitrogens with two attached hydrogens (primary N) is 1. The Hall–Kier alpha value is -0.220. The molecule has 0 aliphatic heterocycles. The SMILES string of the molecule is CC(SC(C)C(C)O)C(=N)N. The maximum atomic E-state index is 9.12. The first-order chi connectivity index (χ1) is 4.95. The highest BCUT2D eigenvalue weighted by molar-refractivity contribution is 8.01. The molecule has 0 heterocycles. The first kappa shape index (κ1) is 10.8. The van der Waals surface area contributed by atoms with Gasteiger partial charge in [0.15, 0.2) is 0 Å². The van der Waals surface area contributed by atoms with Crippen molar-refractivity contribution < 1.29 is 5.11 Å². The van der Waals surface area contributed by atoms with E-state index in [2.05, 4.69) is 0 Å². The summed E-state index contributed by atoms with van der Waals surface area (Å²) in [6.45, 7) is 5.53. The number of rotatable bonds is 4. The quantitative estimate of drug-likeness (QED) is 0.438. The van der Waals surface area contributed by atoms with Gasteiger partial charge in [-0.15, -0.1) is 11.8 Å². The fourth-order valence-corrected chi connectivity index (χ4v) is 1.53. The lowest BCUT2D eigenvalue weighted by Crippen LogP contribution is -2.27. The van der Waals surface area contributed by atoms with Crippen LogP contribution >= 0.6 is 11.8 Å². The summed E-state index contributed by atoms with van der Waals surface area (Å²) in [6.07, 6.45) is -0.346. The Labute approximate surface area is 71.9 Å². The van der Waals surface area contributed by atoms with Gasteiger partial charge in [0.2, 0.25) is 0 Å². The van der Waals surface area contributed by atoms with E-state index < -0.39 is 0 Å². The van der Waals surface area contributed by atoms with Crippen LogP contribution in [0.4, 0.5) is 0 Å². The molecule has 0 aliphatic rings. The molecule has 0 spiro atoms. The van der Waals surface area contributed by atoms with Crippen LogP contribution < -0.4 is 5.73 Å². The highest BCUT2D eigenvalue weighted by atomic mass is 32.2. The molecule has 0 radical (unpaired) electrons. The maximum absolute atomic E-state index is 9.12. The minimum absolute atomic E-state index is 0.000370. The Morgan fingerprint density at radius 3 is 2.18 bits per heavy atom. The molecule has 11 heavy (non-hydrogen) atoms. The zero-order valence-electron chi connectivity index (χ0n) is 7.16. The average molecular weight is 176 g/mol. The molecule has 0 aromatic carbocycles. The highest BCUT2D eigenvalue weighted by Gasteiger charge is 2.14. The fourth-order valence-electron chi connectivity index (χ4n) is 0.509. The lowest BCUT2D eigenvalue weighted by atomic mass is 10.3. The van der Waals surface area contributed by atoms with Crippen molar-refractivity contribution >= 4 is 17.6 Å². The van der Waals surface area contributed by atoms with Gasteiger partial charge in [0.1, 0.15) is 5.84 Å². The molecule has 0 saturated carbocycles. The van der Waals surface area contributed by atoms with E-state index in [4.69, 9.17) is 16.2 Å². The number of thioether (sulfide) groups is 1. The van der Waals surface area contributed by atoms with Crippen molar-refractivity contribution in [2.24, 2.45) is 5.73 Å². The van der Waals surface area contributed by atoms with E-state index >= 15 is 0 Å². The zero-order chi connectivity index (χ0) is 9.02. The van der Waals surface area contributed by atoms with Crippen molar-refractivity contribution in [3.63, 3.8) is 0 Å². The number of nitrogens with one attached hydrogen (secondary N) is 1. The largest absolute Gasteiger partial charge is 0.392 e. The average Bonchev–Trinajstić information content (AvgIpc) is 1.87. The molecule has 0 rings (SSSR count). The zero-order valence-corrected chi connectivity index (χ0v) is 7.98. The van der Waals surface area contributed by atoms with Crippen LogP contribution in [0.3, 0.4) is 0 Å². The Kier molecular flexibility index (Phi) is 4.52. The monoisotopic (exact) mass is 176 g/mol. The van der Waals surface area contributed by atoms with Gasteiger partial charge in [-0.3, -0.25) is 5.41 Å². The van der Waals surface area contributed by atoms with Crippen LogP contribution in [0.1, 0.15) is 20.8 Å². The van der Waals surface area contributed by atoms with Crippen LogP contribution in [0.5, 0.6) is 0 Å². The summed E-state index contributed by atoms with van der Waals surface area (Å²) in [6, 6.07) is 0. The molecule has 0 amide bonds. The van der Waals surface area contributed by atoms with E-state index in [9.17, 15) is 0 Å². The molecule has 0 bridgehead atoms. The number of amidine groups is 1. The molecule has 0 fully saturated rings. The second-order valence-electron chi connectivity index (χ2n) is 2.68. The van der Waals surface area contributed by atoms with Crippen molar-refractivity contribution in [3.8, 4) is 0 Å². The Morgan fingerprint density at radius 1 is 1.45 bits per heavy atom. The molecule has 3 unspecified atom stereocenters. The normalized spacial score (nSPS) is 18.9. The third-order valence-corrected chi connectivity index (χ3v) is 3.02. The molecule has 4 N–H and O–H groups in total. The van der Waals surface area contributed by atoms with Crippen molar-refractivity contribution in [1.82, 2.24) is 0 Å². The van der Waals surface area contributed by atoms with Crippen molar-refractivity contribution in [1.29, 1.82) is 5.41 Å². The summed E-state index contributed by atoms with van der Waals surface area (Å²) in [5.41, 5.74) is 5.27. The van der Waals surface area contributed by atoms with Gasteiger partial charge in [-0.25, -0.2) is 0 Å². The number of aliphatic hydroxyl groups is 1. The van der Waals surface area contributed by atoms with Gasteiger partial charge in [-0.05, 0) is 13.8 Å². The van der Waals surface area contributed by atoms with Crippen LogP contribution in [0.25, 0.3) is 0 Å². The van der Waals surface area contributed by atoms with E-state index in [1.807, 2.05) is 13.8 Å². The van der Waals surface area contributed by atoms with E-state index in [0.29, 0.717) is 0 Å². The molecule has 4 heteroatoms. The van der Waals surface area contributed by atoms with Gasteiger partial charge in [0, 0.05) is 5.25 Å². The van der Waals surface area contributed by atoms with Crippen molar-refractivity contribution in [2.75, 3.05) is 0 Å². The number of hydrogen-bond acceptors (Lipinski definition) is 3. The summed E-state index contributed by atoms with van der Waals surface area (Å²) in [7, 11) is 0. The lowest BCUT2D eigenvalue weighted by Gasteiger charge is -2.17. The van der Waals surface area contributed by atoms with Gasteiger partial charge in [0.05, 0.1) is 11.4 Å². The first-order valence-electron chi connectivity index (χ1n) is 3.62. The summed E-state index contributed by atoms with van der Waals surface area (Å²) in [5, 5.41) is 16.4. The van der Waals surface area contributed by atoms with Crippen LogP contribution in [-0.2, 0) is 0 Å². The minimum atomic E-state index is -0.346. The summed E-state index contributed by atoms with van der Waals surface area (Å²) in [5.74, 6) is 0.169. The Balaban J connectivity index is 3.75. The summed E-state index contributed by atoms with van der Waals surface area (Å²) >= 11 is 1.52. The maximum Gasteiger partial charge on any atom is 0.104 e. The van der Waals surface area contributed by atoms with Crippen molar-refractivity contribution in [3.05, 3.63) is 0 Å². The van der Waals surface area contributed by atoms with Crippen molar-refractivity contribution in [2.45, 2.75) is 37.4 Å². The first-order valence-corrected chi connectivity index (χ1v) is 4.57. The van der Waals surface area contributed by atoms with E-state index in [1.165, 1.54) is 11.8 Å². The molecule has 3 atom stereocenters. The Bertz CT molecular complexity index is 138. The molecule has 3 nitrogen and oxygen atoms in total. The van der Waals surface area contributed by atoms with Crippen LogP contribution in [-0.4, -0.2) is 27.5 Å². The predicted octanol–water partition coefficient (Wildman–Crippen LogP) is 0.813. The molecule has 0 saturated heterocycles. The number of aliphatic hydroxyl groups excluding tert-OH is 1. The van der Waals surface area contributed by atoms with E-state index in [1.54, 1.807) is 6.92 Å². The molecular weight excluding hydrogens is 160 g/mol. The third kappa shape index (κ3) is 4.27. The third-order valence-electron chi connectivity index (χ3n) is 1.54. The molecule has 0 aromatic rings. The molecule has 0 aliphatic carbocycles. The van der Waals surface area contributed by atoms with Crippen LogP contribution in [0.2, 0.25) is 0 Å². The van der Waals surface area contributed by atoms with Gasteiger partial charge in [-0.2, -0.15) is 0 Å². The summed E-state index contributed by atoms with van der Waals surface area (Å²) in [4.78, 5) is 0. The van der Waals surface area contributed by atoms with E-state index in [0.717, 1.165) is 0 Å². The lowest BCUT2D eigenvalue weighted by molar-refractivity contribution is 0.196. The van der Waals surface area contributed by atoms with E-state index in [-0.39, 0.29) is 22.4 Å². The Morgan fingerprint density at radius 2 is 1.91 bits per heavy atom. The van der Waals surface area contributed by atoms with Gasteiger partial charge in [-0.1, -0.05) is 6.92 Å². The fraction of sp³-hybridized carbons (Fsp3) is 0.857. The smallest absolute Gasteiger partial charge is 0.104 e. The summed E-state index contributed by atoms with van der Waals surface area (Å²) < 4.78 is 0. The second-order valence-corrected chi connectivity index (χ2v) is 4.40. The van der Waals surface area contributed by atoms with Crippen LogP contribution in [0, 0.1) is 5.41 Å². The number of hydrogen-bond donors (Lipinski definition) is 3. The molecular formula is C7H16N2OS. The second kappa shape index (κ2) is 4.62. The minimum Gasteiger partial charge on any atom is -0.392 e. The highest BCUT2D eigenvalue weighted by Crippen LogP contribution is 2.19. The molecule has 0 aromatic heterocycles. The van der Waals surface area contributed by atoms with Crippen LogP contribution in [0.15, 0.2) is 0 Å². The predicted molar refractivity (Wildman–Crippen MR) is 50.1 cm³/mol. The molecule has 66 valence electrons. The van der Waals surface area contributed by atoms with Gasteiger partial charge < -0.3 is 10.8 Å². The van der Waals surface area contributed by atoms with Gasteiger partial charge >= 0.3 is 0 Å². The standard InChI is InChI=1S/C7H16N2OS/c1-4(10)5(2)11-6(3)7(8)9/h4-6,10H,1-3H3,(H3,8,9).